The fraction of sp³-hybridized carbons (Fsp3) is 0.370. The molecule has 4 rings (SSSR count). The van der Waals surface area contributed by atoms with Gasteiger partial charge < -0.3 is 13.9 Å². The minimum absolute atomic E-state index is 0.0425. The highest BCUT2D eigenvalue weighted by Gasteiger charge is 2.37. The van der Waals surface area contributed by atoms with Gasteiger partial charge in [0.1, 0.15) is 29.2 Å². The van der Waals surface area contributed by atoms with E-state index in [1.54, 1.807) is 23.2 Å². The van der Waals surface area contributed by atoms with Crippen molar-refractivity contribution < 1.29 is 31.9 Å². The van der Waals surface area contributed by atoms with Gasteiger partial charge in [0, 0.05) is 11.6 Å². The predicted molar refractivity (Wildman–Crippen MR) is 146 cm³/mol. The van der Waals surface area contributed by atoms with Crippen LogP contribution in [0.2, 0.25) is 18.1 Å². The lowest BCUT2D eigenvalue weighted by atomic mass is 10.1. The minimum atomic E-state index is -4.53. The van der Waals surface area contributed by atoms with E-state index < -0.39 is 26.0 Å². The summed E-state index contributed by atoms with van der Waals surface area (Å²) in [6.45, 7) is 10.8. The number of hydrogen-bond donors (Lipinski definition) is 0. The number of alkyl halides is 3. The third kappa shape index (κ3) is 6.18. The minimum Gasteiger partial charge on any atom is -0.487 e. The van der Waals surface area contributed by atoms with E-state index in [0.29, 0.717) is 17.1 Å². The molecule has 0 aliphatic heterocycles. The number of halogens is 3. The molecule has 0 fully saturated rings. The largest absolute Gasteiger partial charge is 0.487 e. The van der Waals surface area contributed by atoms with Crippen LogP contribution in [0.5, 0.6) is 5.75 Å². The molecule has 0 spiro atoms. The van der Waals surface area contributed by atoms with Crippen molar-refractivity contribution in [3.05, 3.63) is 70.6 Å². The van der Waals surface area contributed by atoms with Crippen LogP contribution in [0.4, 0.5) is 13.2 Å². The van der Waals surface area contributed by atoms with Crippen molar-refractivity contribution >= 4 is 36.7 Å². The number of rotatable bonds is 8. The highest BCUT2D eigenvalue weighted by molar-refractivity contribution is 7.16. The summed E-state index contributed by atoms with van der Waals surface area (Å²) in [6.07, 6.45) is -1.27. The van der Waals surface area contributed by atoms with Gasteiger partial charge in [-0.05, 0) is 30.3 Å². The molecule has 0 atom stereocenters. The zero-order valence-corrected chi connectivity index (χ0v) is 24.4. The van der Waals surface area contributed by atoms with Gasteiger partial charge in [0.25, 0.3) is 0 Å². The van der Waals surface area contributed by atoms with Gasteiger partial charge in [-0.1, -0.05) is 39.0 Å². The van der Waals surface area contributed by atoms with Gasteiger partial charge in [-0.15, -0.1) is 11.3 Å². The second-order valence-corrected chi connectivity index (χ2v) is 16.4. The van der Waals surface area contributed by atoms with E-state index in [9.17, 15) is 18.0 Å². The van der Waals surface area contributed by atoms with Gasteiger partial charge in [0.2, 0.25) is 0 Å². The van der Waals surface area contributed by atoms with E-state index in [2.05, 4.69) is 43.8 Å². The van der Waals surface area contributed by atoms with Gasteiger partial charge in [-0.3, -0.25) is 9.55 Å². The summed E-state index contributed by atoms with van der Waals surface area (Å²) >= 11 is 1.09. The summed E-state index contributed by atoms with van der Waals surface area (Å²) in [5.74, 6) is -0.531. The van der Waals surface area contributed by atoms with Crippen molar-refractivity contribution in [2.75, 3.05) is 7.11 Å². The van der Waals surface area contributed by atoms with Crippen LogP contribution in [-0.4, -0.2) is 35.9 Å². The van der Waals surface area contributed by atoms with Crippen LogP contribution in [0, 0.1) is 0 Å². The Bertz CT molecular complexity index is 1490. The summed E-state index contributed by atoms with van der Waals surface area (Å²) in [6, 6.07) is 8.65. The van der Waals surface area contributed by atoms with Gasteiger partial charge in [0.15, 0.2) is 13.2 Å². The molecule has 0 aliphatic carbocycles. The summed E-state index contributed by atoms with van der Waals surface area (Å²) in [4.78, 5) is 21.5. The number of methoxy groups -OCH3 is 1. The van der Waals surface area contributed by atoms with E-state index in [-0.39, 0.29) is 27.8 Å². The Morgan fingerprint density at radius 1 is 1.08 bits per heavy atom. The van der Waals surface area contributed by atoms with Crippen LogP contribution in [0.15, 0.2) is 48.9 Å². The molecule has 208 valence electrons. The molecule has 0 amide bonds. The zero-order chi connectivity index (χ0) is 28.6. The number of nitrogens with zero attached hydrogens (tertiary/aromatic N) is 3. The van der Waals surface area contributed by atoms with Gasteiger partial charge in [0.05, 0.1) is 36.7 Å². The Balaban J connectivity index is 1.65. The molecule has 39 heavy (non-hydrogen) atoms. The Labute approximate surface area is 229 Å². The number of fused-ring (bicyclic) bond motifs is 1. The third-order valence-corrected chi connectivity index (χ3v) is 12.5. The van der Waals surface area contributed by atoms with Crippen molar-refractivity contribution in [3.63, 3.8) is 0 Å². The number of carbonyl (C=O) groups excluding carboxylic acids is 1. The number of ether oxygens (including phenoxy) is 2. The number of carbonyl (C=O) groups is 1. The molecular weight excluding hydrogens is 547 g/mol. The Morgan fingerprint density at radius 2 is 1.79 bits per heavy atom. The average molecular weight is 578 g/mol. The SMILES string of the molecule is COC(=O)c1sc(-n2cnc3cnc(CO[Si](C)(C)C(C)(C)C)cc32)cc1OCc1ccccc1C(F)(F)F. The molecule has 3 heterocycles. The van der Waals surface area contributed by atoms with Gasteiger partial charge >= 0.3 is 12.1 Å². The highest BCUT2D eigenvalue weighted by Crippen LogP contribution is 2.38. The molecule has 7 nitrogen and oxygen atoms in total. The molecule has 0 bridgehead atoms. The van der Waals surface area contributed by atoms with Crippen LogP contribution in [-0.2, 0) is 28.6 Å². The first-order chi connectivity index (χ1) is 18.2. The monoisotopic (exact) mass is 577 g/mol. The summed E-state index contributed by atoms with van der Waals surface area (Å²) < 4.78 is 59.1. The first-order valence-corrected chi connectivity index (χ1v) is 15.9. The number of thiophene rings is 1. The van der Waals surface area contributed by atoms with Gasteiger partial charge in [-0.25, -0.2) is 9.78 Å². The van der Waals surface area contributed by atoms with Crippen molar-refractivity contribution in [2.24, 2.45) is 0 Å². The van der Waals surface area contributed by atoms with Crippen LogP contribution >= 0.6 is 11.3 Å². The maximum atomic E-state index is 13.4. The highest BCUT2D eigenvalue weighted by atomic mass is 32.1. The van der Waals surface area contributed by atoms with Crippen LogP contribution in [0.25, 0.3) is 16.0 Å². The van der Waals surface area contributed by atoms with E-state index in [4.69, 9.17) is 13.9 Å². The number of esters is 1. The molecular formula is C27H30F3N3O4SSi. The lowest BCUT2D eigenvalue weighted by molar-refractivity contribution is -0.138. The molecule has 0 saturated carbocycles. The smallest absolute Gasteiger partial charge is 0.416 e. The lowest BCUT2D eigenvalue weighted by Gasteiger charge is -2.36. The lowest BCUT2D eigenvalue weighted by Crippen LogP contribution is -2.40. The topological polar surface area (TPSA) is 75.5 Å². The Morgan fingerprint density at radius 3 is 2.46 bits per heavy atom. The van der Waals surface area contributed by atoms with Crippen molar-refractivity contribution in [1.29, 1.82) is 0 Å². The van der Waals surface area contributed by atoms with Crippen molar-refractivity contribution in [1.82, 2.24) is 14.5 Å². The molecule has 0 N–H and O–H groups in total. The summed E-state index contributed by atoms with van der Waals surface area (Å²) in [5.41, 5.74) is 1.28. The molecule has 0 aliphatic rings. The Kier molecular flexibility index (Phi) is 7.93. The molecule has 3 aromatic heterocycles. The quantitative estimate of drug-likeness (QED) is 0.161. The number of pyridine rings is 1. The molecule has 0 radical (unpaired) electrons. The van der Waals surface area contributed by atoms with Crippen LogP contribution < -0.4 is 4.74 Å². The first-order valence-electron chi connectivity index (χ1n) is 12.2. The van der Waals surface area contributed by atoms with Gasteiger partial charge in [-0.2, -0.15) is 13.2 Å². The fourth-order valence-electron chi connectivity index (χ4n) is 3.58. The standard InChI is InChI=1S/C27H30F3N3O4SSi/c1-26(2,3)39(5,6)37-15-18-11-21-20(13-31-18)32-16-33(21)23-12-22(24(38-23)25(34)35-4)36-14-17-9-7-8-10-19(17)27(28,29)30/h7-13,16H,14-15H2,1-6H3. The molecule has 4 aromatic rings. The van der Waals surface area contributed by atoms with Crippen molar-refractivity contribution in [2.45, 2.75) is 58.3 Å². The predicted octanol–water partition coefficient (Wildman–Crippen LogP) is 7.39. The number of aromatic nitrogens is 3. The molecule has 0 saturated heterocycles. The second kappa shape index (κ2) is 10.7. The van der Waals surface area contributed by atoms with E-state index in [1.807, 2.05) is 6.07 Å². The molecule has 1 aromatic carbocycles. The first kappa shape index (κ1) is 28.8. The summed E-state index contributed by atoms with van der Waals surface area (Å²) in [5, 5.41) is 0.636. The fourth-order valence-corrected chi connectivity index (χ4v) is 5.53. The molecule has 0 unspecified atom stereocenters. The van der Waals surface area contributed by atoms with E-state index in [0.717, 1.165) is 28.6 Å². The maximum absolute atomic E-state index is 13.4. The molecule has 12 heteroatoms. The number of benzene rings is 1. The van der Waals surface area contributed by atoms with E-state index >= 15 is 0 Å². The maximum Gasteiger partial charge on any atom is 0.416 e. The Hall–Kier alpha value is -3.22. The number of hydrogen-bond acceptors (Lipinski definition) is 7. The summed E-state index contributed by atoms with van der Waals surface area (Å²) in [7, 11) is -0.756. The average Bonchev–Trinajstić information content (AvgIpc) is 3.48. The van der Waals surface area contributed by atoms with Crippen LogP contribution in [0.1, 0.15) is 47.3 Å². The van der Waals surface area contributed by atoms with Crippen molar-refractivity contribution in [3.8, 4) is 10.8 Å². The normalized spacial score (nSPS) is 12.6. The van der Waals surface area contributed by atoms with E-state index in [1.165, 1.54) is 25.3 Å². The zero-order valence-electron chi connectivity index (χ0n) is 22.5. The number of imidazole rings is 1. The third-order valence-electron chi connectivity index (χ3n) is 6.88. The van der Waals surface area contributed by atoms with Crippen LogP contribution in [0.3, 0.4) is 0 Å². The second-order valence-electron chi connectivity index (χ2n) is 10.5.